The van der Waals surface area contributed by atoms with Gasteiger partial charge < -0.3 is 28.8 Å². The van der Waals surface area contributed by atoms with E-state index in [9.17, 15) is 14.7 Å². The minimum atomic E-state index is -1.09. The summed E-state index contributed by atoms with van der Waals surface area (Å²) in [6.45, 7) is 19.3. The van der Waals surface area contributed by atoms with E-state index in [-0.39, 0.29) is 25.1 Å². The molecule has 2 aromatic rings. The number of aromatic hydroxyl groups is 1. The largest absolute Gasteiger partial charge is 0.504 e. The Hall–Kier alpha value is -2.93. The molecule has 0 saturated carbocycles. The number of hydrogen-bond donors (Lipinski definition) is 1. The first kappa shape index (κ1) is 34.1. The van der Waals surface area contributed by atoms with E-state index in [1.165, 1.54) is 18.2 Å². The summed E-state index contributed by atoms with van der Waals surface area (Å²) in [6, 6.07) is 11.6. The predicted molar refractivity (Wildman–Crippen MR) is 160 cm³/mol. The van der Waals surface area contributed by atoms with Crippen LogP contribution >= 0.6 is 0 Å². The summed E-state index contributed by atoms with van der Waals surface area (Å²) in [7, 11) is -2.18. The van der Waals surface area contributed by atoms with Crippen molar-refractivity contribution in [2.45, 2.75) is 51.4 Å². The lowest BCUT2D eigenvalue weighted by atomic mass is 10.2. The molecule has 0 aromatic heterocycles. The normalized spacial score (nSPS) is 11.1. The average Bonchev–Trinajstić information content (AvgIpc) is 2.87. The van der Waals surface area contributed by atoms with Crippen LogP contribution in [0.25, 0.3) is 0 Å². The van der Waals surface area contributed by atoms with Crippen LogP contribution in [0.5, 0.6) is 23.0 Å². The van der Waals surface area contributed by atoms with Crippen molar-refractivity contribution in [3.05, 3.63) is 60.2 Å². The quantitative estimate of drug-likeness (QED) is 0.0734. The fourth-order valence-electron chi connectivity index (χ4n) is 2.78. The van der Waals surface area contributed by atoms with Crippen LogP contribution in [0.4, 0.5) is 0 Å². The highest BCUT2D eigenvalue weighted by molar-refractivity contribution is 6.76. The number of hydrogen-bond acceptors (Lipinski definition) is 8. The Kier molecular flexibility index (Phi) is 15.4. The third-order valence-electron chi connectivity index (χ3n) is 5.17. The van der Waals surface area contributed by atoms with E-state index in [1.807, 2.05) is 0 Å². The zero-order chi connectivity index (χ0) is 29.3. The van der Waals surface area contributed by atoms with Gasteiger partial charge in [-0.3, -0.25) is 9.59 Å². The number of ether oxygens (including phenoxy) is 5. The number of aldehydes is 2. The van der Waals surface area contributed by atoms with Gasteiger partial charge in [0.05, 0.1) is 0 Å². The molecule has 0 aliphatic rings. The molecule has 0 heterocycles. The van der Waals surface area contributed by atoms with Crippen molar-refractivity contribution >= 4 is 28.7 Å². The minimum absolute atomic E-state index is 0.00870. The van der Waals surface area contributed by atoms with Crippen molar-refractivity contribution in [3.63, 3.8) is 0 Å². The second-order valence-electron chi connectivity index (χ2n) is 11.2. The lowest BCUT2D eigenvalue weighted by molar-refractivity contribution is 0.0202. The van der Waals surface area contributed by atoms with Gasteiger partial charge in [0.15, 0.2) is 36.6 Å². The molecule has 39 heavy (non-hydrogen) atoms. The molecule has 0 amide bonds. The fourth-order valence-corrected chi connectivity index (χ4v) is 4.30. The van der Waals surface area contributed by atoms with E-state index in [1.54, 1.807) is 24.3 Å². The molecule has 0 atom stereocenters. The van der Waals surface area contributed by atoms with Gasteiger partial charge in [0.1, 0.15) is 19.2 Å². The molecule has 2 aromatic carbocycles. The van der Waals surface area contributed by atoms with E-state index in [2.05, 4.69) is 45.9 Å². The molecule has 216 valence electrons. The first-order chi connectivity index (χ1) is 18.4. The molecule has 1 N–H and O–H groups in total. The Morgan fingerprint density at radius 3 is 1.69 bits per heavy atom. The van der Waals surface area contributed by atoms with E-state index < -0.39 is 16.1 Å². The minimum Gasteiger partial charge on any atom is -0.504 e. The first-order valence-electron chi connectivity index (χ1n) is 12.9. The van der Waals surface area contributed by atoms with Crippen LogP contribution in [0.15, 0.2) is 49.1 Å². The third kappa shape index (κ3) is 15.9. The molecule has 0 radical (unpaired) electrons. The number of rotatable bonds is 17. The van der Waals surface area contributed by atoms with Crippen LogP contribution < -0.4 is 14.2 Å². The topological polar surface area (TPSA) is 101 Å². The molecular formula is C29H44O8Si2. The fraction of sp³-hybridized carbons (Fsp3) is 0.448. The van der Waals surface area contributed by atoms with Crippen molar-refractivity contribution in [1.82, 2.24) is 0 Å². The van der Waals surface area contributed by atoms with Gasteiger partial charge in [-0.25, -0.2) is 0 Å². The zero-order valence-corrected chi connectivity index (χ0v) is 26.2. The number of phenols is 1. The Labute approximate surface area is 234 Å². The van der Waals surface area contributed by atoms with Crippen LogP contribution in [0.1, 0.15) is 20.7 Å². The van der Waals surface area contributed by atoms with Crippen molar-refractivity contribution < 1.29 is 38.4 Å². The summed E-state index contributed by atoms with van der Waals surface area (Å²) in [5.41, 5.74) is 1.00. The van der Waals surface area contributed by atoms with Crippen molar-refractivity contribution in [1.29, 1.82) is 0 Å². The van der Waals surface area contributed by atoms with Gasteiger partial charge in [-0.15, -0.1) is 0 Å². The van der Waals surface area contributed by atoms with Crippen molar-refractivity contribution in [2.75, 3.05) is 33.4 Å². The van der Waals surface area contributed by atoms with Crippen LogP contribution in [0.2, 0.25) is 51.4 Å². The number of phenolic OH excluding ortho intramolecular Hbond substituents is 1. The molecule has 0 bridgehead atoms. The number of carbonyl (C=O) groups excluding carboxylic acids is 2. The van der Waals surface area contributed by atoms with E-state index >= 15 is 0 Å². The maximum Gasteiger partial charge on any atom is 0.189 e. The molecular weight excluding hydrogens is 532 g/mol. The van der Waals surface area contributed by atoms with Gasteiger partial charge in [0.2, 0.25) is 0 Å². The lowest BCUT2D eigenvalue weighted by Crippen LogP contribution is -2.22. The van der Waals surface area contributed by atoms with Crippen LogP contribution in [0, 0.1) is 0 Å². The molecule has 0 aliphatic heterocycles. The highest BCUT2D eigenvalue weighted by Gasteiger charge is 2.13. The highest BCUT2D eigenvalue weighted by atomic mass is 28.3. The number of carbonyl (C=O) groups is 2. The van der Waals surface area contributed by atoms with Gasteiger partial charge >= 0.3 is 0 Å². The third-order valence-corrected chi connectivity index (χ3v) is 8.58. The second-order valence-corrected chi connectivity index (χ2v) is 22.5. The van der Waals surface area contributed by atoms with E-state index in [4.69, 9.17) is 23.7 Å². The van der Waals surface area contributed by atoms with Crippen LogP contribution in [-0.2, 0) is 9.47 Å². The molecule has 0 unspecified atom stereocenters. The Morgan fingerprint density at radius 1 is 0.718 bits per heavy atom. The predicted octanol–water partition coefficient (Wildman–Crippen LogP) is 6.65. The number of benzene rings is 2. The standard InChI is InChI=1S/C16H24O4Si.C13H20O4Si/c1-5-8-19-15-7-6-14(12-17)11-16(15)20-13-18-9-10-21(2,3)4;1-18(2,3)7-6-16-10-17-13-8-11(9-14)4-5-12(13)15/h5-7,11-12H,1,8-10,13H2,2-4H3;4-5,8-9,15H,6-7,10H2,1-3H3. The van der Waals surface area contributed by atoms with Gasteiger partial charge in [-0.1, -0.05) is 51.9 Å². The van der Waals surface area contributed by atoms with Crippen molar-refractivity contribution in [3.8, 4) is 23.0 Å². The molecule has 0 saturated heterocycles. The Bertz CT molecular complexity index is 1030. The summed E-state index contributed by atoms with van der Waals surface area (Å²) in [6.07, 6.45) is 3.14. The molecule has 0 aliphatic carbocycles. The first-order valence-corrected chi connectivity index (χ1v) is 20.3. The van der Waals surface area contributed by atoms with E-state index in [0.717, 1.165) is 18.4 Å². The summed E-state index contributed by atoms with van der Waals surface area (Å²) in [5, 5.41) is 9.53. The van der Waals surface area contributed by atoms with Crippen molar-refractivity contribution in [2.24, 2.45) is 0 Å². The molecule has 10 heteroatoms. The van der Waals surface area contributed by atoms with Crippen LogP contribution in [-0.4, -0.2) is 67.2 Å². The van der Waals surface area contributed by atoms with Gasteiger partial charge in [0, 0.05) is 40.5 Å². The second kappa shape index (κ2) is 17.6. The monoisotopic (exact) mass is 576 g/mol. The Morgan fingerprint density at radius 2 is 1.21 bits per heavy atom. The van der Waals surface area contributed by atoms with Gasteiger partial charge in [0.25, 0.3) is 0 Å². The maximum absolute atomic E-state index is 10.8. The molecule has 0 spiro atoms. The van der Waals surface area contributed by atoms with Gasteiger partial charge in [-0.2, -0.15) is 0 Å². The summed E-state index contributed by atoms with van der Waals surface area (Å²) >= 11 is 0. The summed E-state index contributed by atoms with van der Waals surface area (Å²) in [4.78, 5) is 21.4. The zero-order valence-electron chi connectivity index (χ0n) is 24.2. The summed E-state index contributed by atoms with van der Waals surface area (Å²) < 4.78 is 27.2. The Balaban J connectivity index is 0.000000395. The molecule has 2 rings (SSSR count). The van der Waals surface area contributed by atoms with Crippen LogP contribution in [0.3, 0.4) is 0 Å². The highest BCUT2D eigenvalue weighted by Crippen LogP contribution is 2.28. The SMILES string of the molecule is C=CCOc1ccc(C=O)cc1OCOCC[Si](C)(C)C.C[Si](C)(C)CCOCOc1cc(C=O)ccc1O. The van der Waals surface area contributed by atoms with E-state index in [0.29, 0.717) is 48.7 Å². The lowest BCUT2D eigenvalue weighted by Gasteiger charge is -2.16. The smallest absolute Gasteiger partial charge is 0.189 e. The summed E-state index contributed by atoms with van der Waals surface area (Å²) in [5.74, 6) is 1.37. The van der Waals surface area contributed by atoms with Gasteiger partial charge in [-0.05, 0) is 48.5 Å². The molecule has 8 nitrogen and oxygen atoms in total. The average molecular weight is 577 g/mol. The molecule has 0 fully saturated rings. The maximum atomic E-state index is 10.8.